The molecule has 8 heteroatoms. The van der Waals surface area contributed by atoms with Crippen molar-refractivity contribution in [3.05, 3.63) is 0 Å². The van der Waals surface area contributed by atoms with E-state index in [1.54, 1.807) is 4.90 Å². The van der Waals surface area contributed by atoms with Gasteiger partial charge in [0.2, 0.25) is 11.8 Å². The molecule has 0 spiro atoms. The van der Waals surface area contributed by atoms with Crippen molar-refractivity contribution in [1.29, 1.82) is 0 Å². The van der Waals surface area contributed by atoms with Crippen molar-refractivity contribution in [3.63, 3.8) is 0 Å². The van der Waals surface area contributed by atoms with E-state index in [1.165, 1.54) is 141 Å². The molecule has 1 rings (SSSR count). The molecule has 0 bridgehead atoms. The van der Waals surface area contributed by atoms with E-state index in [0.29, 0.717) is 26.1 Å². The first-order valence-corrected chi connectivity index (χ1v) is 19.6. The molecule has 1 aliphatic rings. The summed E-state index contributed by atoms with van der Waals surface area (Å²) in [7, 11) is 0. The van der Waals surface area contributed by atoms with E-state index in [2.05, 4.69) is 19.2 Å². The van der Waals surface area contributed by atoms with Crippen molar-refractivity contribution in [2.24, 2.45) is 5.73 Å². The maximum atomic E-state index is 12.7. The van der Waals surface area contributed by atoms with Crippen LogP contribution in [-0.4, -0.2) is 68.3 Å². The third-order valence-corrected chi connectivity index (χ3v) is 9.35. The molecule has 1 aliphatic heterocycles. The molecule has 1 fully saturated rings. The quantitative estimate of drug-likeness (QED) is 0.0664. The molecule has 1 unspecified atom stereocenters. The van der Waals surface area contributed by atoms with Gasteiger partial charge in [0.15, 0.2) is 0 Å². The Balaban J connectivity index is 0.0000202. The zero-order valence-electron chi connectivity index (χ0n) is 30.3. The van der Waals surface area contributed by atoms with Crippen molar-refractivity contribution in [2.75, 3.05) is 39.5 Å². The predicted octanol–water partition coefficient (Wildman–Crippen LogP) is 9.28. The molecule has 46 heavy (non-hydrogen) atoms. The van der Waals surface area contributed by atoms with Crippen LogP contribution in [0.5, 0.6) is 0 Å². The molecule has 274 valence electrons. The third kappa shape index (κ3) is 26.1. The summed E-state index contributed by atoms with van der Waals surface area (Å²) in [5, 5.41) is 3.27. The largest absolute Gasteiger partial charge is 0.379 e. The van der Waals surface area contributed by atoms with Gasteiger partial charge in [0.05, 0.1) is 19.3 Å². The van der Waals surface area contributed by atoms with Gasteiger partial charge in [-0.25, -0.2) is 0 Å². The molecule has 1 heterocycles. The SMILES string of the molecule is CCCCCCCCCCCCCCOC[C@H](CNCC(=O)N1CCCC1C(N)=O)OCCCCCCCCCCCCCC.Cl. The molecule has 0 aromatic rings. The molecule has 0 saturated carbocycles. The Morgan fingerprint density at radius 1 is 0.696 bits per heavy atom. The van der Waals surface area contributed by atoms with Crippen LogP contribution in [0.2, 0.25) is 0 Å². The molecule has 0 aromatic carbocycles. The highest BCUT2D eigenvalue weighted by Gasteiger charge is 2.32. The van der Waals surface area contributed by atoms with Crippen molar-refractivity contribution >= 4 is 24.2 Å². The lowest BCUT2D eigenvalue weighted by atomic mass is 10.1. The number of carbonyl (C=O) groups is 2. The van der Waals surface area contributed by atoms with Gasteiger partial charge < -0.3 is 25.4 Å². The maximum absolute atomic E-state index is 12.7. The van der Waals surface area contributed by atoms with E-state index in [-0.39, 0.29) is 31.0 Å². The fourth-order valence-corrected chi connectivity index (χ4v) is 6.42. The minimum absolute atomic E-state index is 0. The number of primary amides is 1. The Morgan fingerprint density at radius 3 is 1.59 bits per heavy atom. The summed E-state index contributed by atoms with van der Waals surface area (Å²) in [5.74, 6) is -0.468. The number of rotatable bonds is 34. The molecule has 1 saturated heterocycles. The summed E-state index contributed by atoms with van der Waals surface area (Å²) in [6.45, 7) is 7.97. The van der Waals surface area contributed by atoms with Gasteiger partial charge in [0.1, 0.15) is 6.04 Å². The standard InChI is InChI=1S/C38H75N3O4.ClH/c1-3-5-7-9-11-13-15-17-19-21-23-25-30-44-34-35(32-40-33-37(42)41-29-27-28-36(41)38(39)43)45-31-26-24-22-20-18-16-14-12-10-8-6-4-2;/h35-36,40H,3-34H2,1-2H3,(H2,39,43);1H/t35-,36?;/m0./s1. The Labute approximate surface area is 291 Å². The summed E-state index contributed by atoms with van der Waals surface area (Å²) in [6, 6.07) is -0.462. The number of carbonyl (C=O) groups excluding carboxylic acids is 2. The second kappa shape index (κ2) is 34.0. The van der Waals surface area contributed by atoms with Crippen molar-refractivity contribution in [1.82, 2.24) is 10.2 Å². The second-order valence-corrected chi connectivity index (χ2v) is 13.6. The van der Waals surface area contributed by atoms with Crippen LogP contribution < -0.4 is 11.1 Å². The van der Waals surface area contributed by atoms with Crippen molar-refractivity contribution < 1.29 is 19.1 Å². The van der Waals surface area contributed by atoms with Crippen LogP contribution in [0.25, 0.3) is 0 Å². The van der Waals surface area contributed by atoms with E-state index in [1.807, 2.05) is 0 Å². The summed E-state index contributed by atoms with van der Waals surface area (Å²) in [4.78, 5) is 26.0. The van der Waals surface area contributed by atoms with E-state index in [9.17, 15) is 9.59 Å². The van der Waals surface area contributed by atoms with E-state index in [4.69, 9.17) is 15.2 Å². The summed E-state index contributed by atoms with van der Waals surface area (Å²) < 4.78 is 12.3. The van der Waals surface area contributed by atoms with E-state index >= 15 is 0 Å². The lowest BCUT2D eigenvalue weighted by Crippen LogP contribution is -2.47. The molecule has 7 nitrogen and oxygen atoms in total. The highest BCUT2D eigenvalue weighted by molar-refractivity contribution is 5.88. The lowest BCUT2D eigenvalue weighted by Gasteiger charge is -2.23. The molecular weight excluding hydrogens is 598 g/mol. The molecule has 2 atom stereocenters. The number of hydrogen-bond donors (Lipinski definition) is 2. The van der Waals surface area contributed by atoms with Crippen LogP contribution in [0.1, 0.15) is 181 Å². The first-order valence-electron chi connectivity index (χ1n) is 19.6. The van der Waals surface area contributed by atoms with Crippen molar-refractivity contribution in [2.45, 2.75) is 193 Å². The summed E-state index contributed by atoms with van der Waals surface area (Å²) in [5.41, 5.74) is 5.50. The van der Waals surface area contributed by atoms with Gasteiger partial charge in [-0.15, -0.1) is 12.4 Å². The third-order valence-electron chi connectivity index (χ3n) is 9.35. The Hall–Kier alpha value is -0.890. The van der Waals surface area contributed by atoms with Gasteiger partial charge in [-0.1, -0.05) is 155 Å². The molecule has 2 amide bonds. The molecule has 3 N–H and O–H groups in total. The number of likely N-dealkylation sites (tertiary alicyclic amines) is 1. The number of nitrogens with one attached hydrogen (secondary N) is 1. The fourth-order valence-electron chi connectivity index (χ4n) is 6.42. The topological polar surface area (TPSA) is 93.9 Å². The minimum Gasteiger partial charge on any atom is -0.379 e. The second-order valence-electron chi connectivity index (χ2n) is 13.6. The van der Waals surface area contributed by atoms with Gasteiger partial charge in [0.25, 0.3) is 0 Å². The monoisotopic (exact) mass is 674 g/mol. The lowest BCUT2D eigenvalue weighted by molar-refractivity contribution is -0.136. The summed E-state index contributed by atoms with van der Waals surface area (Å²) in [6.07, 6.45) is 33.4. The van der Waals surface area contributed by atoms with Crippen LogP contribution in [-0.2, 0) is 19.1 Å². The summed E-state index contributed by atoms with van der Waals surface area (Å²) >= 11 is 0. The Morgan fingerprint density at radius 2 is 1.13 bits per heavy atom. The molecular formula is C38H76ClN3O4. The zero-order valence-corrected chi connectivity index (χ0v) is 31.2. The van der Waals surface area contributed by atoms with Gasteiger partial charge in [-0.05, 0) is 25.7 Å². The molecule has 0 aromatic heterocycles. The number of amides is 2. The number of unbranched alkanes of at least 4 members (excludes halogenated alkanes) is 22. The average Bonchev–Trinajstić information content (AvgIpc) is 3.54. The number of ether oxygens (including phenoxy) is 2. The van der Waals surface area contributed by atoms with Crippen LogP contribution in [0, 0.1) is 0 Å². The van der Waals surface area contributed by atoms with Gasteiger partial charge in [0, 0.05) is 26.3 Å². The van der Waals surface area contributed by atoms with Gasteiger partial charge in [-0.2, -0.15) is 0 Å². The Kier molecular flexibility index (Phi) is 33.3. The molecule has 0 radical (unpaired) electrons. The maximum Gasteiger partial charge on any atom is 0.240 e. The highest BCUT2D eigenvalue weighted by atomic mass is 35.5. The van der Waals surface area contributed by atoms with Crippen LogP contribution in [0.3, 0.4) is 0 Å². The van der Waals surface area contributed by atoms with Gasteiger partial charge in [-0.3, -0.25) is 9.59 Å². The predicted molar refractivity (Wildman–Crippen MR) is 197 cm³/mol. The fraction of sp³-hybridized carbons (Fsp3) is 0.947. The van der Waals surface area contributed by atoms with Gasteiger partial charge >= 0.3 is 0 Å². The van der Waals surface area contributed by atoms with Crippen LogP contribution in [0.4, 0.5) is 0 Å². The highest BCUT2D eigenvalue weighted by Crippen LogP contribution is 2.17. The first-order chi connectivity index (χ1) is 22.1. The number of nitrogens with zero attached hydrogens (tertiary/aromatic N) is 1. The number of hydrogen-bond acceptors (Lipinski definition) is 5. The van der Waals surface area contributed by atoms with Crippen LogP contribution >= 0.6 is 12.4 Å². The normalized spacial score (nSPS) is 15.3. The van der Waals surface area contributed by atoms with Crippen molar-refractivity contribution in [3.8, 4) is 0 Å². The van der Waals surface area contributed by atoms with Crippen LogP contribution in [0.15, 0.2) is 0 Å². The minimum atomic E-state index is -0.462. The number of nitrogens with two attached hydrogens (primary N) is 1. The van der Waals surface area contributed by atoms with E-state index in [0.717, 1.165) is 32.5 Å². The molecule has 0 aliphatic carbocycles. The number of halogens is 1. The zero-order chi connectivity index (χ0) is 32.6. The smallest absolute Gasteiger partial charge is 0.240 e. The Bertz CT molecular complexity index is 684. The van der Waals surface area contributed by atoms with E-state index < -0.39 is 11.9 Å². The average molecular weight is 674 g/mol. The first kappa shape index (κ1) is 45.1.